The van der Waals surface area contributed by atoms with Crippen molar-refractivity contribution in [1.29, 1.82) is 0 Å². The van der Waals surface area contributed by atoms with Crippen molar-refractivity contribution in [3.63, 3.8) is 0 Å². The van der Waals surface area contributed by atoms with Crippen LogP contribution >= 0.6 is 0 Å². The Morgan fingerprint density at radius 3 is 2.93 bits per heavy atom. The van der Waals surface area contributed by atoms with Gasteiger partial charge in [0.05, 0.1) is 6.61 Å². The minimum absolute atomic E-state index is 0.00856. The molecule has 1 rings (SSSR count). The van der Waals surface area contributed by atoms with E-state index < -0.39 is 11.9 Å². The number of rotatable bonds is 4. The normalized spacial score (nSPS) is 9.79. The van der Waals surface area contributed by atoms with Crippen LogP contribution in [0.2, 0.25) is 0 Å². The van der Waals surface area contributed by atoms with E-state index in [1.165, 1.54) is 17.0 Å². The minimum atomic E-state index is -1.03. The molecule has 1 N–H and O–H groups in total. The Morgan fingerprint density at radius 2 is 2.36 bits per heavy atom. The lowest BCUT2D eigenvalue weighted by molar-refractivity contribution is -0.137. The Kier molecular flexibility index (Phi) is 3.22. The summed E-state index contributed by atoms with van der Waals surface area (Å²) in [6, 6.07) is 0. The molecular weight excluding hydrogens is 188 g/mol. The lowest BCUT2D eigenvalue weighted by Gasteiger charge is -2.03. The quantitative estimate of drug-likeness (QED) is 0.696. The third-order valence-corrected chi connectivity index (χ3v) is 1.48. The van der Waals surface area contributed by atoms with Crippen LogP contribution in [0.4, 0.5) is 0 Å². The number of imidazole rings is 1. The van der Waals surface area contributed by atoms with E-state index in [1.54, 1.807) is 6.92 Å². The Labute approximate surface area is 80.1 Å². The minimum Gasteiger partial charge on any atom is -0.480 e. The maximum atomic E-state index is 11.2. The smallest absolute Gasteiger partial charge is 0.374 e. The van der Waals surface area contributed by atoms with E-state index in [2.05, 4.69) is 4.98 Å². The Morgan fingerprint density at radius 1 is 1.64 bits per heavy atom. The SMILES string of the molecule is CCOC(=O)c1nccn1CC(=O)O. The number of carboxylic acid groups (broad SMARTS) is 1. The second kappa shape index (κ2) is 4.40. The lowest BCUT2D eigenvalue weighted by Crippen LogP contribution is -2.16. The van der Waals surface area contributed by atoms with Crippen molar-refractivity contribution >= 4 is 11.9 Å². The molecule has 6 heteroatoms. The van der Waals surface area contributed by atoms with Crippen molar-refractivity contribution in [3.8, 4) is 0 Å². The van der Waals surface area contributed by atoms with Crippen LogP contribution in [-0.2, 0) is 16.1 Å². The van der Waals surface area contributed by atoms with Gasteiger partial charge in [0.2, 0.25) is 5.82 Å². The van der Waals surface area contributed by atoms with Crippen LogP contribution in [0.5, 0.6) is 0 Å². The topological polar surface area (TPSA) is 81.4 Å². The Balaban J connectivity index is 2.81. The first-order valence-corrected chi connectivity index (χ1v) is 4.05. The highest BCUT2D eigenvalue weighted by molar-refractivity contribution is 5.86. The third kappa shape index (κ3) is 2.32. The molecule has 0 amide bonds. The molecule has 1 aromatic heterocycles. The molecule has 1 heterocycles. The number of ether oxygens (including phenoxy) is 1. The number of aliphatic carboxylic acids is 1. The van der Waals surface area contributed by atoms with Gasteiger partial charge in [0.25, 0.3) is 0 Å². The average Bonchev–Trinajstić information content (AvgIpc) is 2.51. The van der Waals surface area contributed by atoms with Gasteiger partial charge in [-0.05, 0) is 6.92 Å². The van der Waals surface area contributed by atoms with Gasteiger partial charge in [-0.3, -0.25) is 4.79 Å². The molecule has 0 spiro atoms. The summed E-state index contributed by atoms with van der Waals surface area (Å²) >= 11 is 0. The Bertz CT molecular complexity index is 345. The number of hydrogen-bond donors (Lipinski definition) is 1. The average molecular weight is 198 g/mol. The van der Waals surface area contributed by atoms with Gasteiger partial charge in [-0.15, -0.1) is 0 Å². The van der Waals surface area contributed by atoms with Gasteiger partial charge >= 0.3 is 11.9 Å². The summed E-state index contributed by atoms with van der Waals surface area (Å²) in [6.45, 7) is 1.61. The third-order valence-electron chi connectivity index (χ3n) is 1.48. The van der Waals surface area contributed by atoms with Crippen molar-refractivity contribution in [2.45, 2.75) is 13.5 Å². The first-order chi connectivity index (χ1) is 6.65. The molecule has 0 atom stereocenters. The predicted octanol–water partition coefficient (Wildman–Crippen LogP) is 0.144. The first-order valence-electron chi connectivity index (χ1n) is 4.05. The number of aromatic nitrogens is 2. The van der Waals surface area contributed by atoms with E-state index in [-0.39, 0.29) is 19.0 Å². The van der Waals surface area contributed by atoms with E-state index in [0.717, 1.165) is 0 Å². The zero-order valence-corrected chi connectivity index (χ0v) is 7.64. The Hall–Kier alpha value is -1.85. The van der Waals surface area contributed by atoms with Crippen LogP contribution in [0, 0.1) is 0 Å². The number of hydrogen-bond acceptors (Lipinski definition) is 4. The van der Waals surface area contributed by atoms with Gasteiger partial charge in [0.1, 0.15) is 6.54 Å². The van der Waals surface area contributed by atoms with Crippen molar-refractivity contribution in [2.24, 2.45) is 0 Å². The fourth-order valence-electron chi connectivity index (χ4n) is 0.968. The molecule has 14 heavy (non-hydrogen) atoms. The molecule has 0 saturated carbocycles. The zero-order chi connectivity index (χ0) is 10.6. The van der Waals surface area contributed by atoms with E-state index >= 15 is 0 Å². The molecule has 0 unspecified atom stereocenters. The van der Waals surface area contributed by atoms with E-state index in [9.17, 15) is 9.59 Å². The van der Waals surface area contributed by atoms with Gasteiger partial charge in [0.15, 0.2) is 0 Å². The van der Waals surface area contributed by atoms with Crippen LogP contribution in [0.15, 0.2) is 12.4 Å². The summed E-state index contributed by atoms with van der Waals surface area (Å²) < 4.78 is 5.92. The number of carbonyl (C=O) groups excluding carboxylic acids is 1. The molecule has 0 aliphatic rings. The van der Waals surface area contributed by atoms with E-state index in [4.69, 9.17) is 9.84 Å². The van der Waals surface area contributed by atoms with Gasteiger partial charge < -0.3 is 14.4 Å². The molecule has 0 aliphatic carbocycles. The van der Waals surface area contributed by atoms with Crippen LogP contribution in [0.25, 0.3) is 0 Å². The van der Waals surface area contributed by atoms with Crippen molar-refractivity contribution in [2.75, 3.05) is 6.61 Å². The zero-order valence-electron chi connectivity index (χ0n) is 7.64. The van der Waals surface area contributed by atoms with Crippen molar-refractivity contribution in [3.05, 3.63) is 18.2 Å². The molecule has 0 bridgehead atoms. The monoisotopic (exact) mass is 198 g/mol. The molecule has 0 radical (unpaired) electrons. The number of carboxylic acids is 1. The van der Waals surface area contributed by atoms with Crippen LogP contribution < -0.4 is 0 Å². The summed E-state index contributed by atoms with van der Waals surface area (Å²) in [5.41, 5.74) is 0. The molecule has 6 nitrogen and oxygen atoms in total. The molecule has 0 saturated heterocycles. The molecule has 0 aromatic carbocycles. The fraction of sp³-hybridized carbons (Fsp3) is 0.375. The fourth-order valence-corrected chi connectivity index (χ4v) is 0.968. The summed E-state index contributed by atoms with van der Waals surface area (Å²) in [6.07, 6.45) is 2.77. The van der Waals surface area contributed by atoms with Gasteiger partial charge in [0, 0.05) is 12.4 Å². The predicted molar refractivity (Wildman–Crippen MR) is 45.8 cm³/mol. The van der Waals surface area contributed by atoms with Crippen molar-refractivity contribution < 1.29 is 19.4 Å². The summed E-state index contributed by atoms with van der Waals surface area (Å²) in [5, 5.41) is 8.52. The second-order valence-corrected chi connectivity index (χ2v) is 2.49. The van der Waals surface area contributed by atoms with E-state index in [0.29, 0.717) is 0 Å². The summed E-state index contributed by atoms with van der Waals surface area (Å²) in [7, 11) is 0. The van der Waals surface area contributed by atoms with Crippen molar-refractivity contribution in [1.82, 2.24) is 9.55 Å². The highest BCUT2D eigenvalue weighted by atomic mass is 16.5. The number of nitrogens with zero attached hydrogens (tertiary/aromatic N) is 2. The van der Waals surface area contributed by atoms with Crippen LogP contribution in [0.3, 0.4) is 0 Å². The molecular formula is C8H10N2O4. The maximum Gasteiger partial charge on any atom is 0.374 e. The van der Waals surface area contributed by atoms with Gasteiger partial charge in [-0.2, -0.15) is 0 Å². The number of esters is 1. The highest BCUT2D eigenvalue weighted by Gasteiger charge is 2.14. The maximum absolute atomic E-state index is 11.2. The molecule has 1 aromatic rings. The van der Waals surface area contributed by atoms with Crippen LogP contribution in [0.1, 0.15) is 17.5 Å². The lowest BCUT2D eigenvalue weighted by atomic mass is 10.5. The highest BCUT2D eigenvalue weighted by Crippen LogP contribution is 2.00. The standard InChI is InChI=1S/C8H10N2O4/c1-2-14-8(13)7-9-3-4-10(7)5-6(11)12/h3-4H,2,5H2,1H3,(H,11,12). The second-order valence-electron chi connectivity index (χ2n) is 2.49. The van der Waals surface area contributed by atoms with E-state index in [1.807, 2.05) is 0 Å². The molecule has 0 fully saturated rings. The summed E-state index contributed by atoms with van der Waals surface area (Å²) in [5.74, 6) is -1.64. The van der Waals surface area contributed by atoms with Crippen LogP contribution in [-0.4, -0.2) is 33.2 Å². The molecule has 76 valence electrons. The van der Waals surface area contributed by atoms with Gasteiger partial charge in [-0.25, -0.2) is 9.78 Å². The largest absolute Gasteiger partial charge is 0.480 e. The summed E-state index contributed by atoms with van der Waals surface area (Å²) in [4.78, 5) is 25.3. The molecule has 0 aliphatic heterocycles. The first kappa shape index (κ1) is 10.2. The van der Waals surface area contributed by atoms with Gasteiger partial charge in [-0.1, -0.05) is 0 Å². The number of carbonyl (C=O) groups is 2.